The van der Waals surface area contributed by atoms with E-state index in [-0.39, 0.29) is 30.5 Å². The standard InChI is InChI=1S/C30H42N6O7/c1-5-42-28(37)24-15-22(36-32-27(31-33-36)23-9-7-8-10-26(23)40-3)18-34(24)16-19-11-12-20-17-35(30(39)41-4)25(14-21(20)13-19)29(38)43-6-2/h7-10,19-22,24-25H,5-6,11-18H2,1-4H3. The molecule has 13 heteroatoms. The van der Waals surface area contributed by atoms with Crippen LogP contribution in [0.4, 0.5) is 4.79 Å². The van der Waals surface area contributed by atoms with Gasteiger partial charge in [-0.2, -0.15) is 4.80 Å². The molecule has 5 rings (SSSR count). The normalized spacial score (nSPS) is 27.3. The third kappa shape index (κ3) is 6.61. The quantitative estimate of drug-likeness (QED) is 0.311. The topological polar surface area (TPSA) is 138 Å². The molecule has 43 heavy (non-hydrogen) atoms. The van der Waals surface area contributed by atoms with E-state index < -0.39 is 18.2 Å². The van der Waals surface area contributed by atoms with Crippen LogP contribution in [-0.4, -0.2) is 107 Å². The first-order valence-corrected chi connectivity index (χ1v) is 15.2. The molecule has 6 atom stereocenters. The van der Waals surface area contributed by atoms with Crippen LogP contribution in [0.25, 0.3) is 11.4 Å². The van der Waals surface area contributed by atoms with E-state index in [2.05, 4.69) is 20.3 Å². The van der Waals surface area contributed by atoms with Crippen LogP contribution >= 0.6 is 0 Å². The molecule has 6 unspecified atom stereocenters. The molecule has 234 valence electrons. The van der Waals surface area contributed by atoms with Crippen LogP contribution in [0.15, 0.2) is 24.3 Å². The highest BCUT2D eigenvalue weighted by molar-refractivity contribution is 5.81. The van der Waals surface area contributed by atoms with Crippen LogP contribution in [0, 0.1) is 17.8 Å². The van der Waals surface area contributed by atoms with Gasteiger partial charge < -0.3 is 18.9 Å². The van der Waals surface area contributed by atoms with Gasteiger partial charge in [-0.3, -0.25) is 14.6 Å². The van der Waals surface area contributed by atoms with Crippen LogP contribution < -0.4 is 4.74 Å². The fourth-order valence-electron chi connectivity index (χ4n) is 7.07. The van der Waals surface area contributed by atoms with Crippen LogP contribution in [-0.2, 0) is 23.8 Å². The monoisotopic (exact) mass is 598 g/mol. The minimum Gasteiger partial charge on any atom is -0.496 e. The number of para-hydroxylation sites is 1. The average molecular weight is 599 g/mol. The number of hydrogen-bond donors (Lipinski definition) is 0. The molecule has 2 saturated heterocycles. The van der Waals surface area contributed by atoms with Crippen LogP contribution in [0.3, 0.4) is 0 Å². The highest BCUT2D eigenvalue weighted by atomic mass is 16.6. The Kier molecular flexibility index (Phi) is 9.79. The van der Waals surface area contributed by atoms with Crippen molar-refractivity contribution in [3.05, 3.63) is 24.3 Å². The third-order valence-corrected chi connectivity index (χ3v) is 9.09. The minimum atomic E-state index is -0.647. The molecule has 2 aliphatic heterocycles. The summed E-state index contributed by atoms with van der Waals surface area (Å²) < 4.78 is 21.2. The second kappa shape index (κ2) is 13.7. The minimum absolute atomic E-state index is 0.141. The summed E-state index contributed by atoms with van der Waals surface area (Å²) >= 11 is 0. The summed E-state index contributed by atoms with van der Waals surface area (Å²) in [5, 5.41) is 13.3. The number of rotatable bonds is 9. The molecule has 1 aromatic heterocycles. The molecule has 13 nitrogen and oxygen atoms in total. The summed E-state index contributed by atoms with van der Waals surface area (Å²) in [7, 11) is 2.94. The van der Waals surface area contributed by atoms with Crippen LogP contribution in [0.1, 0.15) is 52.0 Å². The number of amides is 1. The van der Waals surface area contributed by atoms with E-state index >= 15 is 0 Å². The molecule has 3 fully saturated rings. The molecule has 3 aliphatic rings. The molecule has 2 aromatic rings. The molecule has 0 spiro atoms. The lowest BCUT2D eigenvalue weighted by Gasteiger charge is -2.46. The third-order valence-electron chi connectivity index (χ3n) is 9.09. The van der Waals surface area contributed by atoms with Crippen molar-refractivity contribution in [2.75, 3.05) is 47.1 Å². The highest BCUT2D eigenvalue weighted by Gasteiger charge is 2.46. The summed E-state index contributed by atoms with van der Waals surface area (Å²) in [6, 6.07) is 6.34. The molecule has 0 N–H and O–H groups in total. The maximum Gasteiger partial charge on any atom is 0.410 e. The largest absolute Gasteiger partial charge is 0.496 e. The maximum absolute atomic E-state index is 13.1. The summed E-state index contributed by atoms with van der Waals surface area (Å²) in [4.78, 5) is 43.7. The van der Waals surface area contributed by atoms with Crippen molar-refractivity contribution in [2.24, 2.45) is 17.8 Å². The van der Waals surface area contributed by atoms with Gasteiger partial charge in [-0.15, -0.1) is 10.2 Å². The van der Waals surface area contributed by atoms with Gasteiger partial charge in [-0.25, -0.2) is 9.59 Å². The Labute approximate surface area is 251 Å². The van der Waals surface area contributed by atoms with E-state index in [4.69, 9.17) is 18.9 Å². The number of likely N-dealkylation sites (tertiary alicyclic amines) is 2. The summed E-state index contributed by atoms with van der Waals surface area (Å²) in [6.07, 6.45) is 3.40. The lowest BCUT2D eigenvalue weighted by atomic mass is 9.69. The number of benzene rings is 1. The lowest BCUT2D eigenvalue weighted by Crippen LogP contribution is -2.55. The van der Waals surface area contributed by atoms with E-state index in [0.29, 0.717) is 55.9 Å². The lowest BCUT2D eigenvalue weighted by molar-refractivity contribution is -0.153. The number of aromatic nitrogens is 4. The Morgan fingerprint density at radius 2 is 1.65 bits per heavy atom. The number of carbonyl (C=O) groups excluding carboxylic acids is 3. The van der Waals surface area contributed by atoms with E-state index in [9.17, 15) is 14.4 Å². The van der Waals surface area contributed by atoms with Gasteiger partial charge in [0.1, 0.15) is 17.8 Å². The Hall–Kier alpha value is -3.74. The van der Waals surface area contributed by atoms with Crippen molar-refractivity contribution < 1.29 is 33.3 Å². The number of tetrazole rings is 1. The summed E-state index contributed by atoms with van der Waals surface area (Å²) in [6.45, 7) is 5.95. The van der Waals surface area contributed by atoms with E-state index in [1.54, 1.807) is 18.8 Å². The number of methoxy groups -OCH3 is 2. The molecule has 1 amide bonds. The van der Waals surface area contributed by atoms with Gasteiger partial charge in [0.25, 0.3) is 0 Å². The van der Waals surface area contributed by atoms with E-state index in [0.717, 1.165) is 31.4 Å². The molecular formula is C30H42N6O7. The number of carbonyl (C=O) groups is 3. The van der Waals surface area contributed by atoms with Gasteiger partial charge in [0, 0.05) is 19.6 Å². The molecule has 1 aliphatic carbocycles. The Balaban J connectivity index is 1.28. The number of esters is 2. The van der Waals surface area contributed by atoms with Gasteiger partial charge in [0.2, 0.25) is 5.82 Å². The van der Waals surface area contributed by atoms with E-state index in [1.165, 1.54) is 12.0 Å². The predicted molar refractivity (Wildman–Crippen MR) is 154 cm³/mol. The van der Waals surface area contributed by atoms with Gasteiger partial charge in [0.05, 0.1) is 39.0 Å². The zero-order valence-electron chi connectivity index (χ0n) is 25.4. The van der Waals surface area contributed by atoms with Crippen molar-refractivity contribution >= 4 is 18.0 Å². The number of ether oxygens (including phenoxy) is 4. The SMILES string of the molecule is CCOC(=O)C1CC(n2nnc(-c3ccccc3OC)n2)CN1CC1CCC2CN(C(=O)OC)C(C(=O)OCC)CC2C1. The first kappa shape index (κ1) is 30.7. The smallest absolute Gasteiger partial charge is 0.410 e. The number of nitrogens with zero attached hydrogens (tertiary/aromatic N) is 6. The number of hydrogen-bond acceptors (Lipinski definition) is 11. The first-order chi connectivity index (χ1) is 20.9. The molecule has 1 saturated carbocycles. The van der Waals surface area contributed by atoms with Crippen molar-refractivity contribution in [2.45, 2.75) is 64.1 Å². The number of piperidine rings is 1. The molecular weight excluding hydrogens is 556 g/mol. The van der Waals surface area contributed by atoms with Crippen LogP contribution in [0.2, 0.25) is 0 Å². The Bertz CT molecular complexity index is 1290. The van der Waals surface area contributed by atoms with Crippen molar-refractivity contribution in [1.82, 2.24) is 30.0 Å². The van der Waals surface area contributed by atoms with Crippen molar-refractivity contribution in [3.63, 3.8) is 0 Å². The van der Waals surface area contributed by atoms with Gasteiger partial charge in [-0.1, -0.05) is 12.1 Å². The zero-order chi connectivity index (χ0) is 30.5. The van der Waals surface area contributed by atoms with Gasteiger partial charge in [0.15, 0.2) is 0 Å². The molecule has 1 aromatic carbocycles. The Morgan fingerprint density at radius 1 is 0.907 bits per heavy atom. The zero-order valence-corrected chi connectivity index (χ0v) is 25.4. The first-order valence-electron chi connectivity index (χ1n) is 15.2. The van der Waals surface area contributed by atoms with Crippen molar-refractivity contribution in [1.29, 1.82) is 0 Å². The Morgan fingerprint density at radius 3 is 2.37 bits per heavy atom. The maximum atomic E-state index is 13.1. The predicted octanol–water partition coefficient (Wildman–Crippen LogP) is 2.96. The molecule has 0 bridgehead atoms. The average Bonchev–Trinajstić information content (AvgIpc) is 3.68. The van der Waals surface area contributed by atoms with Crippen LogP contribution in [0.5, 0.6) is 5.75 Å². The second-order valence-electron chi connectivity index (χ2n) is 11.6. The fourth-order valence-corrected chi connectivity index (χ4v) is 7.07. The molecule has 0 radical (unpaired) electrons. The van der Waals surface area contributed by atoms with Gasteiger partial charge in [-0.05, 0) is 81.1 Å². The summed E-state index contributed by atoms with van der Waals surface area (Å²) in [5.41, 5.74) is 0.754. The summed E-state index contributed by atoms with van der Waals surface area (Å²) in [5.74, 6) is 1.41. The van der Waals surface area contributed by atoms with Crippen molar-refractivity contribution in [3.8, 4) is 17.1 Å². The number of fused-ring (bicyclic) bond motifs is 1. The van der Waals surface area contributed by atoms with Gasteiger partial charge >= 0.3 is 18.0 Å². The van der Waals surface area contributed by atoms with E-state index in [1.807, 2.05) is 31.2 Å². The fraction of sp³-hybridized carbons (Fsp3) is 0.667. The molecule has 3 heterocycles. The highest BCUT2D eigenvalue weighted by Crippen LogP contribution is 2.43. The second-order valence-corrected chi connectivity index (χ2v) is 11.6.